The van der Waals surface area contributed by atoms with Crippen molar-refractivity contribution in [3.05, 3.63) is 35.3 Å². The maximum atomic E-state index is 5.16. The summed E-state index contributed by atoms with van der Waals surface area (Å²) in [5, 5.41) is 12.6. The second kappa shape index (κ2) is 13.7. The number of hydrogen-bond acceptors (Lipinski definition) is 6. The minimum atomic E-state index is 0.471. The predicted octanol–water partition coefficient (Wildman–Crippen LogP) is 5.14. The number of aromatic nitrogens is 6. The Balaban J connectivity index is 0.000000255. The van der Waals surface area contributed by atoms with Crippen LogP contribution in [0.1, 0.15) is 82.9 Å². The lowest BCUT2D eigenvalue weighted by atomic mass is 10.1. The maximum absolute atomic E-state index is 5.16. The van der Waals surface area contributed by atoms with Gasteiger partial charge in [-0.1, -0.05) is 41.5 Å². The summed E-state index contributed by atoms with van der Waals surface area (Å²) >= 11 is 0. The van der Waals surface area contributed by atoms with Gasteiger partial charge in [-0.3, -0.25) is 14.0 Å². The van der Waals surface area contributed by atoms with Crippen molar-refractivity contribution in [1.29, 1.82) is 0 Å². The van der Waals surface area contributed by atoms with E-state index in [9.17, 15) is 0 Å². The summed E-state index contributed by atoms with van der Waals surface area (Å²) in [6.45, 7) is 15.7. The van der Waals surface area contributed by atoms with Gasteiger partial charge in [0.2, 0.25) is 17.6 Å². The zero-order valence-corrected chi connectivity index (χ0v) is 23.1. The van der Waals surface area contributed by atoms with Gasteiger partial charge in [0, 0.05) is 55.9 Å². The molecular weight excluding hydrogens is 432 g/mol. The van der Waals surface area contributed by atoms with E-state index in [2.05, 4.69) is 63.8 Å². The Kier molecular flexibility index (Phi) is 11.7. The first-order valence-electron chi connectivity index (χ1n) is 11.7. The Bertz CT molecular complexity index is 933. The van der Waals surface area contributed by atoms with Crippen LogP contribution in [0.5, 0.6) is 17.6 Å². The van der Waals surface area contributed by atoms with E-state index in [0.29, 0.717) is 17.8 Å². The van der Waals surface area contributed by atoms with Crippen LogP contribution in [0.25, 0.3) is 0 Å². The fourth-order valence-electron chi connectivity index (χ4n) is 3.22. The topological polar surface area (TPSA) is 81.2 Å². The number of rotatable bonds is 7. The summed E-state index contributed by atoms with van der Waals surface area (Å²) in [6, 6.07) is 0. The quantitative estimate of drug-likeness (QED) is 0.470. The van der Waals surface area contributed by atoms with Gasteiger partial charge in [0.1, 0.15) is 0 Å². The lowest BCUT2D eigenvalue weighted by Crippen LogP contribution is -1.94. The molecule has 3 aromatic heterocycles. The van der Waals surface area contributed by atoms with Gasteiger partial charge in [-0.2, -0.15) is 0 Å². The Morgan fingerprint density at radius 3 is 1.18 bits per heavy atom. The monoisotopic (exact) mass is 476 g/mol. The van der Waals surface area contributed by atoms with E-state index in [-0.39, 0.29) is 0 Å². The number of aryl methyl sites for hydroxylation is 3. The second-order valence-corrected chi connectivity index (χ2v) is 8.95. The SMILES string of the molecule is CCn1cc(C(C)C)c(OC)n1.COc1nn(C)cc1C(C)C.COc1nn(C)cc1C(C)C. The molecule has 9 nitrogen and oxygen atoms in total. The molecule has 192 valence electrons. The van der Waals surface area contributed by atoms with Gasteiger partial charge >= 0.3 is 0 Å². The largest absolute Gasteiger partial charge is 0.480 e. The normalized spacial score (nSPS) is 10.7. The summed E-state index contributed by atoms with van der Waals surface area (Å²) in [6.07, 6.45) is 6.02. The smallest absolute Gasteiger partial charge is 0.235 e. The average molecular weight is 477 g/mol. The molecule has 0 saturated heterocycles. The van der Waals surface area contributed by atoms with E-state index in [1.807, 2.05) is 37.4 Å². The molecule has 0 unspecified atom stereocenters. The highest BCUT2D eigenvalue weighted by molar-refractivity contribution is 5.27. The molecule has 9 heteroatoms. The Hall–Kier alpha value is -2.97. The minimum Gasteiger partial charge on any atom is -0.480 e. The number of methoxy groups -OCH3 is 3. The molecule has 0 atom stereocenters. The standard InChI is InChI=1S/C9H16N2O.2C8H14N2O/c1-5-11-6-8(7(2)3)9(10-11)12-4;2*1-6(2)7-5-10(3)9-8(7)11-4/h6-7H,5H2,1-4H3;2*5-6H,1-4H3. The first-order valence-corrected chi connectivity index (χ1v) is 11.7. The molecule has 0 amide bonds. The molecule has 0 N–H and O–H groups in total. The van der Waals surface area contributed by atoms with Crippen molar-refractivity contribution in [2.45, 2.75) is 72.8 Å². The molecule has 0 aliphatic carbocycles. The van der Waals surface area contributed by atoms with Crippen LogP contribution < -0.4 is 14.2 Å². The summed E-state index contributed by atoms with van der Waals surface area (Å²) < 4.78 is 20.8. The number of hydrogen-bond donors (Lipinski definition) is 0. The van der Waals surface area contributed by atoms with Gasteiger partial charge in [-0.25, -0.2) is 0 Å². The van der Waals surface area contributed by atoms with Crippen molar-refractivity contribution < 1.29 is 14.2 Å². The fourth-order valence-corrected chi connectivity index (χ4v) is 3.22. The van der Waals surface area contributed by atoms with Gasteiger partial charge < -0.3 is 14.2 Å². The van der Waals surface area contributed by atoms with E-state index < -0.39 is 0 Å². The van der Waals surface area contributed by atoms with Crippen LogP contribution in [-0.4, -0.2) is 50.7 Å². The van der Waals surface area contributed by atoms with Gasteiger partial charge in [0.05, 0.1) is 21.3 Å². The summed E-state index contributed by atoms with van der Waals surface area (Å²) in [5.41, 5.74) is 3.50. The lowest BCUT2D eigenvalue weighted by molar-refractivity contribution is 0.384. The van der Waals surface area contributed by atoms with E-state index in [1.165, 1.54) is 5.56 Å². The van der Waals surface area contributed by atoms with Crippen LogP contribution in [0.3, 0.4) is 0 Å². The molecule has 0 saturated carbocycles. The number of nitrogens with zero attached hydrogens (tertiary/aromatic N) is 6. The highest BCUT2D eigenvalue weighted by Crippen LogP contribution is 2.25. The molecule has 0 fully saturated rings. The van der Waals surface area contributed by atoms with Crippen molar-refractivity contribution >= 4 is 0 Å². The highest BCUT2D eigenvalue weighted by atomic mass is 16.5. The van der Waals surface area contributed by atoms with Crippen molar-refractivity contribution in [2.75, 3.05) is 21.3 Å². The fraction of sp³-hybridized carbons (Fsp3) is 0.640. The van der Waals surface area contributed by atoms with Crippen LogP contribution in [0.2, 0.25) is 0 Å². The second-order valence-electron chi connectivity index (χ2n) is 8.95. The van der Waals surface area contributed by atoms with Crippen LogP contribution in [0.15, 0.2) is 18.6 Å². The molecular formula is C25H44N6O3. The van der Waals surface area contributed by atoms with E-state index in [4.69, 9.17) is 14.2 Å². The Morgan fingerprint density at radius 2 is 0.941 bits per heavy atom. The third-order valence-corrected chi connectivity index (χ3v) is 5.17. The van der Waals surface area contributed by atoms with E-state index in [0.717, 1.165) is 35.3 Å². The third kappa shape index (κ3) is 8.11. The van der Waals surface area contributed by atoms with Crippen molar-refractivity contribution in [3.63, 3.8) is 0 Å². The van der Waals surface area contributed by atoms with E-state index >= 15 is 0 Å². The van der Waals surface area contributed by atoms with Crippen molar-refractivity contribution in [2.24, 2.45) is 14.1 Å². The maximum Gasteiger partial charge on any atom is 0.235 e. The first kappa shape index (κ1) is 29.1. The Labute approximate surface area is 205 Å². The van der Waals surface area contributed by atoms with Gasteiger partial charge in [-0.15, -0.1) is 15.3 Å². The lowest BCUT2D eigenvalue weighted by Gasteiger charge is -2.01. The van der Waals surface area contributed by atoms with Crippen molar-refractivity contribution in [1.82, 2.24) is 29.3 Å². The van der Waals surface area contributed by atoms with Crippen LogP contribution >= 0.6 is 0 Å². The van der Waals surface area contributed by atoms with Crippen LogP contribution in [0, 0.1) is 0 Å². The average Bonchev–Trinajstić information content (AvgIpc) is 3.49. The minimum absolute atomic E-state index is 0.471. The van der Waals surface area contributed by atoms with Crippen LogP contribution in [-0.2, 0) is 20.6 Å². The van der Waals surface area contributed by atoms with Gasteiger partial charge in [0.15, 0.2) is 0 Å². The van der Waals surface area contributed by atoms with Gasteiger partial charge in [0.25, 0.3) is 0 Å². The zero-order valence-electron chi connectivity index (χ0n) is 23.1. The molecule has 3 heterocycles. The summed E-state index contributed by atoms with van der Waals surface area (Å²) in [7, 11) is 8.75. The molecule has 0 spiro atoms. The molecule has 3 aromatic rings. The van der Waals surface area contributed by atoms with Crippen molar-refractivity contribution in [3.8, 4) is 17.6 Å². The Morgan fingerprint density at radius 1 is 0.618 bits per heavy atom. The summed E-state index contributed by atoms with van der Waals surface area (Å²) in [5.74, 6) is 3.65. The number of ether oxygens (including phenoxy) is 3. The predicted molar refractivity (Wildman–Crippen MR) is 136 cm³/mol. The summed E-state index contributed by atoms with van der Waals surface area (Å²) in [4.78, 5) is 0. The highest BCUT2D eigenvalue weighted by Gasteiger charge is 2.12. The third-order valence-electron chi connectivity index (χ3n) is 5.17. The molecule has 0 aromatic carbocycles. The van der Waals surface area contributed by atoms with Crippen LogP contribution in [0.4, 0.5) is 0 Å². The zero-order chi connectivity index (χ0) is 26.0. The molecule has 0 bridgehead atoms. The first-order chi connectivity index (χ1) is 16.0. The molecule has 0 aliphatic heterocycles. The molecule has 0 radical (unpaired) electrons. The molecule has 34 heavy (non-hydrogen) atoms. The molecule has 3 rings (SSSR count). The van der Waals surface area contributed by atoms with Gasteiger partial charge in [-0.05, 0) is 24.7 Å². The van der Waals surface area contributed by atoms with E-state index in [1.54, 1.807) is 30.7 Å². The molecule has 0 aliphatic rings.